The largest absolute Gasteiger partial charge is 0.497 e. The van der Waals surface area contributed by atoms with Gasteiger partial charge in [0.2, 0.25) is 5.91 Å². The van der Waals surface area contributed by atoms with Gasteiger partial charge >= 0.3 is 0 Å². The average molecular weight is 717 g/mol. The molecule has 0 fully saturated rings. The topological polar surface area (TPSA) is 130 Å². The summed E-state index contributed by atoms with van der Waals surface area (Å²) in [6.07, 6.45) is 2.06. The van der Waals surface area contributed by atoms with Gasteiger partial charge in [0.15, 0.2) is 0 Å². The first kappa shape index (κ1) is 36.5. The summed E-state index contributed by atoms with van der Waals surface area (Å²) in [4.78, 5) is 41.1. The van der Waals surface area contributed by atoms with E-state index in [1.54, 1.807) is 73.8 Å². The van der Waals surface area contributed by atoms with Crippen molar-refractivity contribution >= 4 is 57.6 Å². The number of thioether (sulfide) groups is 1. The Hall–Kier alpha value is -5.83. The second-order valence-corrected chi connectivity index (χ2v) is 13.5. The Morgan fingerprint density at radius 2 is 1.69 bits per heavy atom. The Balaban J connectivity index is 1.33. The van der Waals surface area contributed by atoms with Crippen LogP contribution in [0.15, 0.2) is 113 Å². The number of aryl methyl sites for hydroxylation is 1. The van der Waals surface area contributed by atoms with Crippen LogP contribution in [0.25, 0.3) is 17.2 Å². The lowest BCUT2D eigenvalue weighted by atomic mass is 10.0. The van der Waals surface area contributed by atoms with Crippen LogP contribution in [0.2, 0.25) is 0 Å². The number of benzene rings is 4. The average Bonchev–Trinajstić information content (AvgIpc) is 3.56. The quantitative estimate of drug-likeness (QED) is 0.0823. The van der Waals surface area contributed by atoms with Gasteiger partial charge in [-0.3, -0.25) is 14.4 Å². The predicted octanol–water partition coefficient (Wildman–Crippen LogP) is 8.53. The van der Waals surface area contributed by atoms with Crippen molar-refractivity contribution in [1.29, 1.82) is 5.26 Å². The van der Waals surface area contributed by atoms with E-state index in [4.69, 9.17) is 9.47 Å². The van der Waals surface area contributed by atoms with Crippen molar-refractivity contribution in [3.05, 3.63) is 130 Å². The lowest BCUT2D eigenvalue weighted by molar-refractivity contribution is -0.116. The molecule has 258 valence electrons. The first-order valence-electron chi connectivity index (χ1n) is 16.0. The molecule has 3 N–H and O–H groups in total. The summed E-state index contributed by atoms with van der Waals surface area (Å²) in [6, 6.07) is 31.0. The molecule has 1 heterocycles. The maximum atomic E-state index is 13.7. The molecule has 0 aliphatic carbocycles. The van der Waals surface area contributed by atoms with Crippen molar-refractivity contribution in [3.8, 4) is 28.7 Å². The van der Waals surface area contributed by atoms with Crippen molar-refractivity contribution in [3.63, 3.8) is 0 Å². The number of carbonyl (C=O) groups is 3. The maximum Gasteiger partial charge on any atom is 0.272 e. The van der Waals surface area contributed by atoms with Crippen LogP contribution in [-0.2, 0) is 9.59 Å². The summed E-state index contributed by atoms with van der Waals surface area (Å²) in [7, 11) is 3.05. The molecule has 0 aliphatic heterocycles. The van der Waals surface area contributed by atoms with E-state index in [2.05, 4.69) is 22.0 Å². The zero-order chi connectivity index (χ0) is 36.3. The SMILES string of the molecule is CCC(Sc1cccc(NC(=O)/C(=C\c2ccc(OC)cc2OC)NC(=O)c2ccccc2)c1)C(=O)Nc1scc(-c2ccc(C)cc2)c1C#N. The minimum Gasteiger partial charge on any atom is -0.497 e. The molecule has 5 rings (SSSR count). The highest BCUT2D eigenvalue weighted by atomic mass is 32.2. The van der Waals surface area contributed by atoms with E-state index < -0.39 is 17.1 Å². The minimum atomic E-state index is -0.560. The van der Waals surface area contributed by atoms with E-state index in [1.807, 2.05) is 49.6 Å². The standard InChI is InChI=1S/C40H36N4O5S2/c1-5-36(39(47)44-40-32(23-41)33(24-50-40)26-16-14-25(2)15-17-26)51-31-13-9-12-29(21-31)42-38(46)34(43-37(45)27-10-7-6-8-11-27)20-28-18-19-30(48-3)22-35(28)49-4/h6-22,24,36H,5H2,1-4H3,(H,42,46)(H,43,45)(H,44,47)/b34-20+. The van der Waals surface area contributed by atoms with Gasteiger partial charge in [-0.05, 0) is 67.4 Å². The van der Waals surface area contributed by atoms with Crippen LogP contribution < -0.4 is 25.4 Å². The number of amides is 3. The van der Waals surface area contributed by atoms with Crippen LogP contribution >= 0.6 is 23.1 Å². The van der Waals surface area contributed by atoms with Gasteiger partial charge in [0.05, 0.1) is 25.0 Å². The molecule has 4 aromatic carbocycles. The number of hydrogen-bond donors (Lipinski definition) is 3. The number of carbonyl (C=O) groups excluding carboxylic acids is 3. The van der Waals surface area contributed by atoms with Crippen LogP contribution in [0.5, 0.6) is 11.5 Å². The molecule has 3 amide bonds. The number of thiophene rings is 1. The molecule has 11 heteroatoms. The number of methoxy groups -OCH3 is 2. The molecule has 0 radical (unpaired) electrons. The Kier molecular flexibility index (Phi) is 12.3. The van der Waals surface area contributed by atoms with E-state index in [9.17, 15) is 19.6 Å². The van der Waals surface area contributed by atoms with Gasteiger partial charge in [0, 0.05) is 38.7 Å². The summed E-state index contributed by atoms with van der Waals surface area (Å²) in [5.74, 6) is -0.221. The zero-order valence-electron chi connectivity index (χ0n) is 28.5. The van der Waals surface area contributed by atoms with Crippen LogP contribution in [-0.4, -0.2) is 37.2 Å². The third-order valence-corrected chi connectivity index (χ3v) is 10.1. The highest BCUT2D eigenvalue weighted by molar-refractivity contribution is 8.00. The molecule has 51 heavy (non-hydrogen) atoms. The smallest absolute Gasteiger partial charge is 0.272 e. The summed E-state index contributed by atoms with van der Waals surface area (Å²) in [5, 5.41) is 20.5. The Bertz CT molecular complexity index is 2100. The maximum absolute atomic E-state index is 13.7. The van der Waals surface area contributed by atoms with E-state index in [0.29, 0.717) is 45.3 Å². The van der Waals surface area contributed by atoms with Crippen molar-refractivity contribution in [2.24, 2.45) is 0 Å². The molecular formula is C40H36N4O5S2. The van der Waals surface area contributed by atoms with Crippen molar-refractivity contribution in [2.75, 3.05) is 24.9 Å². The van der Waals surface area contributed by atoms with Gasteiger partial charge < -0.3 is 25.4 Å². The lowest BCUT2D eigenvalue weighted by Gasteiger charge is -2.16. The first-order chi connectivity index (χ1) is 24.7. The van der Waals surface area contributed by atoms with Gasteiger partial charge in [0.1, 0.15) is 28.3 Å². The molecule has 0 aliphatic rings. The van der Waals surface area contributed by atoms with Gasteiger partial charge in [-0.2, -0.15) is 5.26 Å². The monoisotopic (exact) mass is 716 g/mol. The molecule has 0 spiro atoms. The number of nitrogens with one attached hydrogen (secondary N) is 3. The second-order valence-electron chi connectivity index (χ2n) is 11.3. The Morgan fingerprint density at radius 3 is 2.37 bits per heavy atom. The number of nitriles is 1. The fourth-order valence-electron chi connectivity index (χ4n) is 5.07. The van der Waals surface area contributed by atoms with Crippen molar-refractivity contribution in [2.45, 2.75) is 30.4 Å². The van der Waals surface area contributed by atoms with E-state index in [-0.39, 0.29) is 11.6 Å². The van der Waals surface area contributed by atoms with Gasteiger partial charge in [-0.15, -0.1) is 23.1 Å². The summed E-state index contributed by atoms with van der Waals surface area (Å²) >= 11 is 2.67. The lowest BCUT2D eigenvalue weighted by Crippen LogP contribution is -2.30. The highest BCUT2D eigenvalue weighted by Crippen LogP contribution is 2.36. The first-order valence-corrected chi connectivity index (χ1v) is 17.8. The number of nitrogens with zero attached hydrogens (tertiary/aromatic N) is 1. The van der Waals surface area contributed by atoms with Crippen LogP contribution in [0.3, 0.4) is 0 Å². The van der Waals surface area contributed by atoms with E-state index >= 15 is 0 Å². The van der Waals surface area contributed by atoms with Crippen LogP contribution in [0.1, 0.15) is 40.4 Å². The molecule has 5 aromatic rings. The summed E-state index contributed by atoms with van der Waals surface area (Å²) in [5.41, 5.74) is 4.63. The molecule has 0 saturated carbocycles. The minimum absolute atomic E-state index is 0.00885. The van der Waals surface area contributed by atoms with E-state index in [1.165, 1.54) is 36.3 Å². The van der Waals surface area contributed by atoms with Crippen molar-refractivity contribution in [1.82, 2.24) is 5.32 Å². The second kappa shape index (κ2) is 17.2. The summed E-state index contributed by atoms with van der Waals surface area (Å²) in [6.45, 7) is 3.92. The molecule has 1 aromatic heterocycles. The fraction of sp³-hybridized carbons (Fsp3) is 0.150. The van der Waals surface area contributed by atoms with Crippen LogP contribution in [0, 0.1) is 18.3 Å². The van der Waals surface area contributed by atoms with E-state index in [0.717, 1.165) is 21.6 Å². The molecule has 9 nitrogen and oxygen atoms in total. The number of rotatable bonds is 13. The van der Waals surface area contributed by atoms with Crippen molar-refractivity contribution < 1.29 is 23.9 Å². The number of anilines is 2. The Labute approximate surface area is 305 Å². The zero-order valence-corrected chi connectivity index (χ0v) is 30.1. The third kappa shape index (κ3) is 9.25. The van der Waals surface area contributed by atoms with Gasteiger partial charge in [-0.25, -0.2) is 0 Å². The third-order valence-electron chi connectivity index (χ3n) is 7.80. The number of hydrogen-bond acceptors (Lipinski definition) is 8. The van der Waals surface area contributed by atoms with Crippen LogP contribution in [0.4, 0.5) is 10.7 Å². The summed E-state index contributed by atoms with van der Waals surface area (Å²) < 4.78 is 10.8. The Morgan fingerprint density at radius 1 is 0.922 bits per heavy atom. The molecular weight excluding hydrogens is 681 g/mol. The highest BCUT2D eigenvalue weighted by Gasteiger charge is 2.22. The van der Waals surface area contributed by atoms with Gasteiger partial charge in [0.25, 0.3) is 11.8 Å². The predicted molar refractivity (Wildman–Crippen MR) is 204 cm³/mol. The molecule has 0 bridgehead atoms. The molecule has 1 atom stereocenters. The fourth-order valence-corrected chi connectivity index (χ4v) is 7.00. The molecule has 0 saturated heterocycles. The number of ether oxygens (including phenoxy) is 2. The van der Waals surface area contributed by atoms with Gasteiger partial charge in [-0.1, -0.05) is 61.0 Å². The normalized spacial score (nSPS) is 11.5. The molecule has 1 unspecified atom stereocenters.